The second kappa shape index (κ2) is 8.04. The molecule has 0 radical (unpaired) electrons. The van der Waals surface area contributed by atoms with Gasteiger partial charge < -0.3 is 20.1 Å². The molecule has 1 aromatic rings. The fraction of sp³-hybridized carbons (Fsp3) is 0.556. The lowest BCUT2D eigenvalue weighted by Gasteiger charge is -2.36. The molecule has 24 heavy (non-hydrogen) atoms. The third kappa shape index (κ3) is 4.19. The number of hydrogen-bond acceptors (Lipinski definition) is 4. The molecule has 1 saturated carbocycles. The van der Waals surface area contributed by atoms with E-state index in [2.05, 4.69) is 6.92 Å². The molecule has 0 saturated heterocycles. The molecule has 1 aliphatic rings. The van der Waals surface area contributed by atoms with Crippen LogP contribution in [0.1, 0.15) is 43.0 Å². The van der Waals surface area contributed by atoms with Gasteiger partial charge in [-0.05, 0) is 37.0 Å². The molecule has 0 bridgehead atoms. The fourth-order valence-electron chi connectivity index (χ4n) is 3.30. The number of carbonyl (C=O) groups excluding carboxylic acids is 2. The number of amides is 2. The van der Waals surface area contributed by atoms with Crippen molar-refractivity contribution in [1.82, 2.24) is 4.90 Å². The van der Waals surface area contributed by atoms with E-state index in [4.69, 9.17) is 15.2 Å². The molecule has 1 aromatic carbocycles. The normalized spacial score (nSPS) is 20.3. The van der Waals surface area contributed by atoms with E-state index in [1.807, 2.05) is 11.9 Å². The van der Waals surface area contributed by atoms with E-state index in [0.29, 0.717) is 23.0 Å². The first-order chi connectivity index (χ1) is 11.4. The van der Waals surface area contributed by atoms with Crippen molar-refractivity contribution < 1.29 is 19.1 Å². The van der Waals surface area contributed by atoms with E-state index < -0.39 is 5.91 Å². The minimum Gasteiger partial charge on any atom is -0.493 e. The van der Waals surface area contributed by atoms with Gasteiger partial charge in [0.15, 0.2) is 18.1 Å². The van der Waals surface area contributed by atoms with Crippen LogP contribution in [0, 0.1) is 5.92 Å². The molecule has 0 aromatic heterocycles. The van der Waals surface area contributed by atoms with Crippen LogP contribution >= 0.6 is 0 Å². The van der Waals surface area contributed by atoms with Crippen LogP contribution in [-0.4, -0.2) is 43.5 Å². The van der Waals surface area contributed by atoms with Crippen LogP contribution in [0.2, 0.25) is 0 Å². The molecule has 2 rings (SSSR count). The smallest absolute Gasteiger partial charge is 0.255 e. The predicted octanol–water partition coefficient (Wildman–Crippen LogP) is 2.21. The number of benzene rings is 1. The fourth-order valence-corrected chi connectivity index (χ4v) is 3.30. The van der Waals surface area contributed by atoms with Gasteiger partial charge in [-0.1, -0.05) is 19.8 Å². The highest BCUT2D eigenvalue weighted by Gasteiger charge is 2.28. The molecule has 132 valence electrons. The van der Waals surface area contributed by atoms with E-state index in [-0.39, 0.29) is 18.6 Å². The number of ether oxygens (including phenoxy) is 2. The SMILES string of the molecule is COc1cc(C(=O)N(C)C2CCCCC2C)ccc1OCC(N)=O. The highest BCUT2D eigenvalue weighted by Crippen LogP contribution is 2.31. The van der Waals surface area contributed by atoms with Crippen LogP contribution in [0.25, 0.3) is 0 Å². The van der Waals surface area contributed by atoms with Crippen molar-refractivity contribution in [2.75, 3.05) is 20.8 Å². The average molecular weight is 334 g/mol. The Bertz CT molecular complexity index is 603. The minimum atomic E-state index is -0.566. The van der Waals surface area contributed by atoms with Gasteiger partial charge in [0, 0.05) is 18.7 Å². The van der Waals surface area contributed by atoms with Crippen molar-refractivity contribution in [2.45, 2.75) is 38.6 Å². The lowest BCUT2D eigenvalue weighted by atomic mass is 9.85. The largest absolute Gasteiger partial charge is 0.493 e. The average Bonchev–Trinajstić information content (AvgIpc) is 2.58. The summed E-state index contributed by atoms with van der Waals surface area (Å²) in [6.07, 6.45) is 4.60. The molecule has 6 heteroatoms. The van der Waals surface area contributed by atoms with Crippen LogP contribution in [0.4, 0.5) is 0 Å². The number of carbonyl (C=O) groups is 2. The zero-order valence-corrected chi connectivity index (χ0v) is 14.6. The number of methoxy groups -OCH3 is 1. The van der Waals surface area contributed by atoms with Crippen molar-refractivity contribution in [1.29, 1.82) is 0 Å². The summed E-state index contributed by atoms with van der Waals surface area (Å²) in [5.74, 6) is 0.707. The summed E-state index contributed by atoms with van der Waals surface area (Å²) in [5.41, 5.74) is 5.62. The number of nitrogens with two attached hydrogens (primary N) is 1. The lowest BCUT2D eigenvalue weighted by Crippen LogP contribution is -2.42. The van der Waals surface area contributed by atoms with Gasteiger partial charge in [-0.25, -0.2) is 0 Å². The maximum Gasteiger partial charge on any atom is 0.255 e. The lowest BCUT2D eigenvalue weighted by molar-refractivity contribution is -0.119. The Kier molecular flexibility index (Phi) is 6.06. The monoisotopic (exact) mass is 334 g/mol. The van der Waals surface area contributed by atoms with Gasteiger partial charge in [0.1, 0.15) is 0 Å². The Morgan fingerprint density at radius 3 is 2.58 bits per heavy atom. The quantitative estimate of drug-likeness (QED) is 0.865. The Labute approximate surface area is 142 Å². The number of primary amides is 1. The van der Waals surface area contributed by atoms with Crippen molar-refractivity contribution in [3.05, 3.63) is 23.8 Å². The van der Waals surface area contributed by atoms with Crippen molar-refractivity contribution in [3.63, 3.8) is 0 Å². The van der Waals surface area contributed by atoms with Crippen molar-refractivity contribution in [3.8, 4) is 11.5 Å². The second-order valence-corrected chi connectivity index (χ2v) is 6.37. The Morgan fingerprint density at radius 2 is 1.96 bits per heavy atom. The van der Waals surface area contributed by atoms with Gasteiger partial charge in [-0.2, -0.15) is 0 Å². The molecular formula is C18H26N2O4. The maximum absolute atomic E-state index is 12.8. The topological polar surface area (TPSA) is 81.9 Å². The Hall–Kier alpha value is -2.24. The molecule has 2 atom stereocenters. The third-order valence-electron chi connectivity index (χ3n) is 4.66. The first kappa shape index (κ1) is 18.1. The van der Waals surface area contributed by atoms with E-state index in [0.717, 1.165) is 19.3 Å². The first-order valence-electron chi connectivity index (χ1n) is 8.30. The summed E-state index contributed by atoms with van der Waals surface area (Å²) >= 11 is 0. The van der Waals surface area contributed by atoms with Gasteiger partial charge in [0.25, 0.3) is 11.8 Å². The van der Waals surface area contributed by atoms with Gasteiger partial charge in [0.2, 0.25) is 0 Å². The van der Waals surface area contributed by atoms with Crippen LogP contribution in [-0.2, 0) is 4.79 Å². The van der Waals surface area contributed by atoms with Crippen molar-refractivity contribution >= 4 is 11.8 Å². The molecule has 0 heterocycles. The molecule has 2 unspecified atom stereocenters. The Balaban J connectivity index is 2.15. The minimum absolute atomic E-state index is 0.0338. The second-order valence-electron chi connectivity index (χ2n) is 6.37. The summed E-state index contributed by atoms with van der Waals surface area (Å²) in [6.45, 7) is 1.97. The molecule has 0 spiro atoms. The van der Waals surface area contributed by atoms with Crippen LogP contribution in [0.15, 0.2) is 18.2 Å². The van der Waals surface area contributed by atoms with Gasteiger partial charge in [0.05, 0.1) is 7.11 Å². The molecule has 1 fully saturated rings. The van der Waals surface area contributed by atoms with E-state index in [1.54, 1.807) is 18.2 Å². The van der Waals surface area contributed by atoms with Crippen molar-refractivity contribution in [2.24, 2.45) is 11.7 Å². The first-order valence-corrected chi connectivity index (χ1v) is 8.30. The summed E-state index contributed by atoms with van der Waals surface area (Å²) in [7, 11) is 3.35. The highest BCUT2D eigenvalue weighted by atomic mass is 16.5. The number of nitrogens with zero attached hydrogens (tertiary/aromatic N) is 1. The molecule has 0 aliphatic heterocycles. The summed E-state index contributed by atoms with van der Waals surface area (Å²) < 4.78 is 10.6. The van der Waals surface area contributed by atoms with Crippen LogP contribution in [0.3, 0.4) is 0 Å². The van der Waals surface area contributed by atoms with E-state index in [9.17, 15) is 9.59 Å². The van der Waals surface area contributed by atoms with Gasteiger partial charge >= 0.3 is 0 Å². The molecule has 6 nitrogen and oxygen atoms in total. The summed E-state index contributed by atoms with van der Waals surface area (Å²) in [5, 5.41) is 0. The summed E-state index contributed by atoms with van der Waals surface area (Å²) in [6, 6.07) is 5.23. The summed E-state index contributed by atoms with van der Waals surface area (Å²) in [4.78, 5) is 25.5. The standard InChI is InChI=1S/C18H26N2O4/c1-12-6-4-5-7-14(12)20(2)18(22)13-8-9-15(16(10-13)23-3)24-11-17(19)21/h8-10,12,14H,4-7,11H2,1-3H3,(H2,19,21). The number of hydrogen-bond donors (Lipinski definition) is 1. The Morgan fingerprint density at radius 1 is 1.25 bits per heavy atom. The van der Waals surface area contributed by atoms with Crippen LogP contribution in [0.5, 0.6) is 11.5 Å². The van der Waals surface area contributed by atoms with E-state index in [1.165, 1.54) is 13.5 Å². The molecular weight excluding hydrogens is 308 g/mol. The molecule has 2 amide bonds. The predicted molar refractivity (Wildman–Crippen MR) is 91.2 cm³/mol. The van der Waals surface area contributed by atoms with Gasteiger partial charge in [-0.15, -0.1) is 0 Å². The molecule has 2 N–H and O–H groups in total. The van der Waals surface area contributed by atoms with Gasteiger partial charge in [-0.3, -0.25) is 9.59 Å². The zero-order valence-electron chi connectivity index (χ0n) is 14.6. The van der Waals surface area contributed by atoms with E-state index >= 15 is 0 Å². The molecule has 1 aliphatic carbocycles. The zero-order chi connectivity index (χ0) is 17.7. The maximum atomic E-state index is 12.8. The van der Waals surface area contributed by atoms with Crippen LogP contribution < -0.4 is 15.2 Å². The third-order valence-corrected chi connectivity index (χ3v) is 4.66. The number of rotatable bonds is 6. The highest BCUT2D eigenvalue weighted by molar-refractivity contribution is 5.95.